The van der Waals surface area contributed by atoms with Crippen LogP contribution in [0.3, 0.4) is 0 Å². The molecule has 0 saturated carbocycles. The highest BCUT2D eigenvalue weighted by Crippen LogP contribution is 2.27. The maximum atomic E-state index is 12.7. The van der Waals surface area contributed by atoms with Gasteiger partial charge in [-0.05, 0) is 36.8 Å². The number of H-pyrrole nitrogens is 1. The van der Waals surface area contributed by atoms with Crippen LogP contribution in [-0.2, 0) is 24.3 Å². The number of carbonyl (C=O) groups is 1. The number of aromatic amines is 1. The van der Waals surface area contributed by atoms with Crippen molar-refractivity contribution in [2.24, 2.45) is 0 Å². The molecule has 0 bridgehead atoms. The van der Waals surface area contributed by atoms with Crippen LogP contribution < -0.4 is 11.2 Å². The van der Waals surface area contributed by atoms with E-state index >= 15 is 0 Å². The summed E-state index contributed by atoms with van der Waals surface area (Å²) in [5.41, 5.74) is 0.812. The molecule has 160 valence electrons. The molecule has 1 fully saturated rings. The summed E-state index contributed by atoms with van der Waals surface area (Å²) in [6.45, 7) is 3.27. The summed E-state index contributed by atoms with van der Waals surface area (Å²) in [5.74, 6) is -0.180. The lowest BCUT2D eigenvalue weighted by Gasteiger charge is -2.36. The lowest BCUT2D eigenvalue weighted by Crippen LogP contribution is -2.46. The summed E-state index contributed by atoms with van der Waals surface area (Å²) < 4.78 is 1.20. The number of likely N-dealkylation sites (tertiary alicyclic amines) is 1. The van der Waals surface area contributed by atoms with Gasteiger partial charge in [-0.25, -0.2) is 4.79 Å². The van der Waals surface area contributed by atoms with Gasteiger partial charge in [0.05, 0.1) is 5.60 Å². The van der Waals surface area contributed by atoms with Gasteiger partial charge in [0.15, 0.2) is 0 Å². The molecule has 2 aliphatic heterocycles. The molecule has 8 heteroatoms. The maximum absolute atomic E-state index is 12.7. The van der Waals surface area contributed by atoms with E-state index in [0.717, 1.165) is 19.5 Å². The second-order valence-corrected chi connectivity index (χ2v) is 8.43. The van der Waals surface area contributed by atoms with Crippen LogP contribution in [-0.4, -0.2) is 62.1 Å². The second-order valence-electron chi connectivity index (χ2n) is 8.43. The highest BCUT2D eigenvalue weighted by atomic mass is 16.3. The Balaban J connectivity index is 1.35. The molecule has 1 saturated heterocycles. The molecule has 1 atom stereocenters. The average molecular weight is 412 g/mol. The van der Waals surface area contributed by atoms with Crippen molar-refractivity contribution in [3.05, 3.63) is 68.5 Å². The van der Waals surface area contributed by atoms with E-state index in [1.165, 1.54) is 28.0 Å². The number of fused-ring (bicyclic) bond motifs is 1. The van der Waals surface area contributed by atoms with E-state index < -0.39 is 16.9 Å². The highest BCUT2D eigenvalue weighted by molar-refractivity contribution is 5.76. The lowest BCUT2D eigenvalue weighted by molar-refractivity contribution is -0.132. The summed E-state index contributed by atoms with van der Waals surface area (Å²) >= 11 is 0. The van der Waals surface area contributed by atoms with Gasteiger partial charge in [0.2, 0.25) is 5.91 Å². The van der Waals surface area contributed by atoms with Crippen molar-refractivity contribution >= 4 is 5.91 Å². The number of nitrogens with zero attached hydrogens (tertiary/aromatic N) is 3. The van der Waals surface area contributed by atoms with Gasteiger partial charge in [0.25, 0.3) is 5.56 Å². The predicted molar refractivity (Wildman–Crippen MR) is 112 cm³/mol. The molecule has 8 nitrogen and oxygen atoms in total. The molecule has 4 rings (SSSR count). The molecule has 1 amide bonds. The normalized spacial score (nSPS) is 22.4. The Bertz CT molecular complexity index is 1030. The van der Waals surface area contributed by atoms with Crippen molar-refractivity contribution in [2.45, 2.75) is 44.4 Å². The Morgan fingerprint density at radius 2 is 1.87 bits per heavy atom. The highest BCUT2D eigenvalue weighted by Gasteiger charge is 2.34. The number of β-amino-alcohol motifs (C(OH)–C–C–N with tert-alkyl or cyclic N) is 1. The third-order valence-electron chi connectivity index (χ3n) is 6.20. The molecular formula is C22H28N4O4. The summed E-state index contributed by atoms with van der Waals surface area (Å²) in [5, 5.41) is 11.2. The average Bonchev–Trinajstić information content (AvgIpc) is 2.91. The van der Waals surface area contributed by atoms with Crippen molar-refractivity contribution in [3.8, 4) is 0 Å². The Hall–Kier alpha value is -2.71. The number of carbonyl (C=O) groups excluding carboxylic acids is 1. The van der Waals surface area contributed by atoms with Gasteiger partial charge in [0.1, 0.15) is 6.54 Å². The van der Waals surface area contributed by atoms with Gasteiger partial charge in [-0.1, -0.05) is 24.3 Å². The Morgan fingerprint density at radius 3 is 2.67 bits per heavy atom. The van der Waals surface area contributed by atoms with Gasteiger partial charge >= 0.3 is 5.69 Å². The van der Waals surface area contributed by atoms with Gasteiger partial charge in [-0.2, -0.15) is 0 Å². The first kappa shape index (κ1) is 20.6. The van der Waals surface area contributed by atoms with Crippen LogP contribution in [0.1, 0.15) is 30.4 Å². The van der Waals surface area contributed by atoms with E-state index in [1.807, 2.05) is 0 Å². The van der Waals surface area contributed by atoms with E-state index in [-0.39, 0.29) is 12.5 Å². The van der Waals surface area contributed by atoms with Crippen molar-refractivity contribution in [1.82, 2.24) is 19.4 Å². The van der Waals surface area contributed by atoms with E-state index in [0.29, 0.717) is 38.9 Å². The van der Waals surface area contributed by atoms with Crippen LogP contribution in [0.2, 0.25) is 0 Å². The molecule has 2 N–H and O–H groups in total. The molecule has 0 unspecified atom stereocenters. The Labute approximate surface area is 174 Å². The zero-order valence-electron chi connectivity index (χ0n) is 17.0. The Morgan fingerprint density at radius 1 is 1.07 bits per heavy atom. The summed E-state index contributed by atoms with van der Waals surface area (Å²) in [6.07, 6.45) is 4.20. The summed E-state index contributed by atoms with van der Waals surface area (Å²) in [7, 11) is 0. The summed E-state index contributed by atoms with van der Waals surface area (Å²) in [6, 6.07) is 9.68. The first-order valence-electron chi connectivity index (χ1n) is 10.5. The number of aromatic nitrogens is 2. The minimum absolute atomic E-state index is 0.114. The maximum Gasteiger partial charge on any atom is 0.328 e. The minimum atomic E-state index is -0.823. The fourth-order valence-corrected chi connectivity index (χ4v) is 4.51. The lowest BCUT2D eigenvalue weighted by atomic mass is 9.92. The minimum Gasteiger partial charge on any atom is -0.388 e. The number of hydrogen-bond acceptors (Lipinski definition) is 5. The van der Waals surface area contributed by atoms with Gasteiger partial charge in [0, 0.05) is 45.0 Å². The van der Waals surface area contributed by atoms with Crippen molar-refractivity contribution in [2.75, 3.05) is 26.2 Å². The molecule has 1 aromatic carbocycles. The number of nitrogens with one attached hydrogen (secondary N) is 1. The van der Waals surface area contributed by atoms with E-state index in [9.17, 15) is 19.5 Å². The Kier molecular flexibility index (Phi) is 5.87. The van der Waals surface area contributed by atoms with E-state index in [2.05, 4.69) is 34.1 Å². The van der Waals surface area contributed by atoms with Crippen LogP contribution in [0.15, 0.2) is 46.1 Å². The van der Waals surface area contributed by atoms with Crippen molar-refractivity contribution < 1.29 is 9.90 Å². The zero-order chi connectivity index (χ0) is 21.1. The van der Waals surface area contributed by atoms with Crippen LogP contribution in [0.4, 0.5) is 0 Å². The van der Waals surface area contributed by atoms with Crippen LogP contribution in [0, 0.1) is 0 Å². The topological polar surface area (TPSA) is 98.6 Å². The van der Waals surface area contributed by atoms with Crippen LogP contribution in [0.5, 0.6) is 0 Å². The number of hydrogen-bond donors (Lipinski definition) is 2. The molecule has 2 aromatic rings. The molecule has 1 aromatic heterocycles. The fraction of sp³-hybridized carbons (Fsp3) is 0.500. The predicted octanol–water partition coefficient (Wildman–Crippen LogP) is 0.339. The van der Waals surface area contributed by atoms with Crippen LogP contribution >= 0.6 is 0 Å². The largest absolute Gasteiger partial charge is 0.388 e. The third-order valence-corrected chi connectivity index (χ3v) is 6.20. The SMILES string of the molecule is O=C(Cn1ccc(=O)[nH]c1=O)N1CCC[C@@](O)(CN2CCc3ccccc3C2)CC1. The first-order chi connectivity index (χ1) is 14.4. The molecule has 3 heterocycles. The van der Waals surface area contributed by atoms with Gasteiger partial charge in [-0.15, -0.1) is 0 Å². The number of amides is 1. The second kappa shape index (κ2) is 8.57. The van der Waals surface area contributed by atoms with Crippen molar-refractivity contribution in [1.29, 1.82) is 0 Å². The van der Waals surface area contributed by atoms with E-state index in [4.69, 9.17) is 0 Å². The first-order valence-corrected chi connectivity index (χ1v) is 10.5. The standard InChI is InChI=1S/C22H28N4O4/c27-19-7-12-26(21(29)23-19)15-20(28)25-10-3-8-22(30,9-13-25)16-24-11-6-17-4-1-2-5-18(17)14-24/h1-2,4-5,7,12,30H,3,6,8-11,13-16H2,(H,23,27,29)/t22-/m0/s1. The molecule has 2 aliphatic rings. The quantitative estimate of drug-likeness (QED) is 0.755. The molecule has 0 aliphatic carbocycles. The fourth-order valence-electron chi connectivity index (χ4n) is 4.51. The molecule has 30 heavy (non-hydrogen) atoms. The van der Waals surface area contributed by atoms with Gasteiger partial charge < -0.3 is 10.0 Å². The van der Waals surface area contributed by atoms with Crippen LogP contribution in [0.25, 0.3) is 0 Å². The monoisotopic (exact) mass is 412 g/mol. The number of aliphatic hydroxyl groups is 1. The molecule has 0 spiro atoms. The van der Waals surface area contributed by atoms with E-state index in [1.54, 1.807) is 4.90 Å². The van der Waals surface area contributed by atoms with Crippen molar-refractivity contribution in [3.63, 3.8) is 0 Å². The molecule has 0 radical (unpaired) electrons. The smallest absolute Gasteiger partial charge is 0.328 e. The third kappa shape index (κ3) is 4.71. The number of benzene rings is 1. The summed E-state index contributed by atoms with van der Waals surface area (Å²) in [4.78, 5) is 41.9. The van der Waals surface area contributed by atoms with Gasteiger partial charge in [-0.3, -0.25) is 24.0 Å². The zero-order valence-corrected chi connectivity index (χ0v) is 17.0. The number of rotatable bonds is 4. The molecular weight excluding hydrogens is 384 g/mol.